The first-order valence-electron chi connectivity index (χ1n) is 4.38. The zero-order valence-electron chi connectivity index (χ0n) is 8.11. The normalized spacial score (nSPS) is 10.3. The zero-order valence-corrected chi connectivity index (χ0v) is 8.11. The van der Waals surface area contributed by atoms with Gasteiger partial charge in [-0.25, -0.2) is 14.4 Å². The molecule has 1 aromatic carbocycles. The predicted molar refractivity (Wildman–Crippen MR) is 54.4 cm³/mol. The molecule has 2 aromatic rings. The molecule has 5 heteroatoms. The molecular weight excluding hydrogens is 195 g/mol. The molecule has 0 saturated carbocycles. The van der Waals surface area contributed by atoms with E-state index in [1.165, 1.54) is 12.4 Å². The van der Waals surface area contributed by atoms with Gasteiger partial charge in [0.25, 0.3) is 0 Å². The highest BCUT2D eigenvalue weighted by Crippen LogP contribution is 2.17. The van der Waals surface area contributed by atoms with Crippen LogP contribution in [0.4, 0.5) is 10.3 Å². The largest absolute Gasteiger partial charge is 0.368 e. The van der Waals surface area contributed by atoms with E-state index >= 15 is 0 Å². The number of aryl methyl sites for hydroxylation is 1. The van der Waals surface area contributed by atoms with E-state index in [1.807, 2.05) is 0 Å². The number of rotatable bonds is 1. The fourth-order valence-electron chi connectivity index (χ4n) is 1.23. The van der Waals surface area contributed by atoms with Crippen LogP contribution in [0.5, 0.6) is 0 Å². The van der Waals surface area contributed by atoms with Crippen molar-refractivity contribution in [1.29, 1.82) is 0 Å². The minimum absolute atomic E-state index is 0.155. The number of hydrogen-bond donors (Lipinski definition) is 1. The van der Waals surface area contributed by atoms with Gasteiger partial charge in [-0.1, -0.05) is 0 Å². The van der Waals surface area contributed by atoms with Crippen LogP contribution in [-0.4, -0.2) is 15.0 Å². The fourth-order valence-corrected chi connectivity index (χ4v) is 1.23. The molecule has 0 spiro atoms. The van der Waals surface area contributed by atoms with Gasteiger partial charge in [0.2, 0.25) is 5.95 Å². The summed E-state index contributed by atoms with van der Waals surface area (Å²) in [6.45, 7) is 1.68. The highest BCUT2D eigenvalue weighted by Gasteiger charge is 2.04. The molecule has 1 aromatic heterocycles. The van der Waals surface area contributed by atoms with Gasteiger partial charge in [0.05, 0.1) is 0 Å². The molecule has 0 saturated heterocycles. The molecule has 0 fully saturated rings. The van der Waals surface area contributed by atoms with Gasteiger partial charge in [0.15, 0.2) is 5.82 Å². The lowest BCUT2D eigenvalue weighted by Gasteiger charge is -2.02. The molecule has 0 atom stereocenters. The molecule has 0 radical (unpaired) electrons. The van der Waals surface area contributed by atoms with Crippen LogP contribution >= 0.6 is 0 Å². The van der Waals surface area contributed by atoms with E-state index in [2.05, 4.69) is 15.0 Å². The van der Waals surface area contributed by atoms with E-state index in [4.69, 9.17) is 5.73 Å². The molecule has 0 aliphatic rings. The molecule has 76 valence electrons. The second-order valence-corrected chi connectivity index (χ2v) is 3.13. The second kappa shape index (κ2) is 3.61. The summed E-state index contributed by atoms with van der Waals surface area (Å²) in [5.41, 5.74) is 6.70. The summed E-state index contributed by atoms with van der Waals surface area (Å²) in [5.74, 6) is 0.355. The molecule has 0 aliphatic heterocycles. The molecular formula is C10H9FN4. The number of anilines is 1. The van der Waals surface area contributed by atoms with Crippen molar-refractivity contribution in [2.24, 2.45) is 0 Å². The van der Waals surface area contributed by atoms with Gasteiger partial charge in [-0.3, -0.25) is 0 Å². The standard InChI is InChI=1S/C10H9FN4/c1-6-4-7(2-3-8(6)11)9-13-5-14-10(12)15-9/h2-5H,1H3,(H2,12,13,14,15). The lowest BCUT2D eigenvalue weighted by molar-refractivity contribution is 0.618. The molecule has 1 heterocycles. The van der Waals surface area contributed by atoms with E-state index in [9.17, 15) is 4.39 Å². The first kappa shape index (κ1) is 9.51. The summed E-state index contributed by atoms with van der Waals surface area (Å²) in [6.07, 6.45) is 1.33. The van der Waals surface area contributed by atoms with Crippen LogP contribution in [0.3, 0.4) is 0 Å². The minimum atomic E-state index is -0.249. The Morgan fingerprint density at radius 2 is 2.07 bits per heavy atom. The van der Waals surface area contributed by atoms with Crippen molar-refractivity contribution in [3.63, 3.8) is 0 Å². The highest BCUT2D eigenvalue weighted by atomic mass is 19.1. The summed E-state index contributed by atoms with van der Waals surface area (Å²) in [6, 6.07) is 4.66. The van der Waals surface area contributed by atoms with E-state index < -0.39 is 0 Å². The molecule has 15 heavy (non-hydrogen) atoms. The summed E-state index contributed by atoms with van der Waals surface area (Å²) in [5, 5.41) is 0. The van der Waals surface area contributed by atoms with Crippen LogP contribution in [0.2, 0.25) is 0 Å². The van der Waals surface area contributed by atoms with Gasteiger partial charge in [0.1, 0.15) is 12.1 Å². The first-order chi connectivity index (χ1) is 7.16. The maximum absolute atomic E-state index is 13.0. The Balaban J connectivity index is 2.50. The van der Waals surface area contributed by atoms with Crippen molar-refractivity contribution in [2.75, 3.05) is 5.73 Å². The Hall–Kier alpha value is -2.04. The van der Waals surface area contributed by atoms with Crippen LogP contribution in [0, 0.1) is 12.7 Å². The molecule has 0 aliphatic carbocycles. The summed E-state index contributed by atoms with van der Waals surface area (Å²) in [4.78, 5) is 11.6. The lowest BCUT2D eigenvalue weighted by Crippen LogP contribution is -1.98. The monoisotopic (exact) mass is 204 g/mol. The highest BCUT2D eigenvalue weighted by molar-refractivity contribution is 5.56. The Morgan fingerprint density at radius 1 is 1.27 bits per heavy atom. The van der Waals surface area contributed by atoms with Crippen molar-refractivity contribution in [1.82, 2.24) is 15.0 Å². The third-order valence-electron chi connectivity index (χ3n) is 2.01. The molecule has 2 rings (SSSR count). The van der Waals surface area contributed by atoms with Crippen molar-refractivity contribution in [3.05, 3.63) is 35.9 Å². The zero-order chi connectivity index (χ0) is 10.8. The number of halogens is 1. The van der Waals surface area contributed by atoms with Gasteiger partial charge in [-0.15, -0.1) is 0 Å². The third-order valence-corrected chi connectivity index (χ3v) is 2.01. The van der Waals surface area contributed by atoms with Gasteiger partial charge in [-0.05, 0) is 30.7 Å². The van der Waals surface area contributed by atoms with E-state index in [1.54, 1.807) is 19.1 Å². The Bertz CT molecular complexity index is 499. The third kappa shape index (κ3) is 1.90. The van der Waals surface area contributed by atoms with Crippen LogP contribution in [0.1, 0.15) is 5.56 Å². The van der Waals surface area contributed by atoms with Crippen LogP contribution in [0.15, 0.2) is 24.5 Å². The van der Waals surface area contributed by atoms with E-state index in [-0.39, 0.29) is 11.8 Å². The molecule has 4 nitrogen and oxygen atoms in total. The summed E-state index contributed by atoms with van der Waals surface area (Å²) in [7, 11) is 0. The van der Waals surface area contributed by atoms with Gasteiger partial charge in [0, 0.05) is 5.56 Å². The predicted octanol–water partition coefficient (Wildman–Crippen LogP) is 1.57. The van der Waals surface area contributed by atoms with Crippen LogP contribution < -0.4 is 5.73 Å². The van der Waals surface area contributed by atoms with Gasteiger partial charge in [-0.2, -0.15) is 4.98 Å². The summed E-state index contributed by atoms with van der Waals surface area (Å²) < 4.78 is 13.0. The van der Waals surface area contributed by atoms with E-state index in [0.29, 0.717) is 11.4 Å². The number of aromatic nitrogens is 3. The summed E-state index contributed by atoms with van der Waals surface area (Å²) >= 11 is 0. The first-order valence-corrected chi connectivity index (χ1v) is 4.38. The average Bonchev–Trinajstić information content (AvgIpc) is 2.22. The molecule has 0 amide bonds. The van der Waals surface area contributed by atoms with Crippen LogP contribution in [-0.2, 0) is 0 Å². The number of nitrogens with zero attached hydrogens (tertiary/aromatic N) is 3. The number of nitrogens with two attached hydrogens (primary N) is 1. The maximum atomic E-state index is 13.0. The van der Waals surface area contributed by atoms with E-state index in [0.717, 1.165) is 5.56 Å². The average molecular weight is 204 g/mol. The molecule has 2 N–H and O–H groups in total. The lowest BCUT2D eigenvalue weighted by atomic mass is 10.1. The van der Waals surface area contributed by atoms with Crippen molar-refractivity contribution in [2.45, 2.75) is 6.92 Å². The number of nitrogen functional groups attached to an aromatic ring is 1. The topological polar surface area (TPSA) is 64.7 Å². The SMILES string of the molecule is Cc1cc(-c2ncnc(N)n2)ccc1F. The van der Waals surface area contributed by atoms with Gasteiger partial charge >= 0.3 is 0 Å². The molecule has 0 unspecified atom stereocenters. The smallest absolute Gasteiger partial charge is 0.223 e. The quantitative estimate of drug-likeness (QED) is 0.765. The Morgan fingerprint density at radius 3 is 2.73 bits per heavy atom. The second-order valence-electron chi connectivity index (χ2n) is 3.13. The maximum Gasteiger partial charge on any atom is 0.223 e. The fraction of sp³-hybridized carbons (Fsp3) is 0.100. The minimum Gasteiger partial charge on any atom is -0.368 e. The Labute approximate surface area is 86.0 Å². The number of hydrogen-bond acceptors (Lipinski definition) is 4. The number of benzene rings is 1. The van der Waals surface area contributed by atoms with Gasteiger partial charge < -0.3 is 5.73 Å². The van der Waals surface area contributed by atoms with Crippen molar-refractivity contribution < 1.29 is 4.39 Å². The van der Waals surface area contributed by atoms with Crippen molar-refractivity contribution in [3.8, 4) is 11.4 Å². The van der Waals surface area contributed by atoms with Crippen LogP contribution in [0.25, 0.3) is 11.4 Å². The molecule has 0 bridgehead atoms. The van der Waals surface area contributed by atoms with Crippen molar-refractivity contribution >= 4 is 5.95 Å². The Kier molecular flexibility index (Phi) is 2.29.